The second-order valence-electron chi connectivity index (χ2n) is 8.42. The minimum Gasteiger partial charge on any atom is -0.372 e. The molecule has 1 atom stereocenters. The molecule has 1 fully saturated rings. The van der Waals surface area contributed by atoms with Crippen molar-refractivity contribution in [1.82, 2.24) is 9.78 Å². The van der Waals surface area contributed by atoms with Crippen LogP contribution in [0.25, 0.3) is 11.3 Å². The lowest BCUT2D eigenvalue weighted by molar-refractivity contribution is 0.438. The highest BCUT2D eigenvalue weighted by Crippen LogP contribution is 2.40. The molecule has 2 aromatic carbocycles. The van der Waals surface area contributed by atoms with Crippen molar-refractivity contribution in [1.29, 1.82) is 0 Å². The number of piperidine rings is 1. The van der Waals surface area contributed by atoms with E-state index in [2.05, 4.69) is 84.2 Å². The van der Waals surface area contributed by atoms with Crippen LogP contribution in [0.1, 0.15) is 42.8 Å². The molecule has 0 bridgehead atoms. The van der Waals surface area contributed by atoms with E-state index < -0.39 is 0 Å². The number of rotatable bonds is 2. The maximum atomic E-state index is 4.80. The average molecular weight is 373 g/mol. The normalized spacial score (nSPS) is 19.1. The molecule has 0 amide bonds. The van der Waals surface area contributed by atoms with Crippen LogP contribution in [0, 0.1) is 19.8 Å². The van der Waals surface area contributed by atoms with E-state index in [1.54, 1.807) is 0 Å². The first-order valence-corrected chi connectivity index (χ1v) is 10.4. The van der Waals surface area contributed by atoms with Crippen LogP contribution in [-0.2, 0) is 0 Å². The van der Waals surface area contributed by atoms with E-state index in [4.69, 9.17) is 5.10 Å². The zero-order chi connectivity index (χ0) is 19.3. The van der Waals surface area contributed by atoms with Crippen LogP contribution < -0.4 is 10.2 Å². The molecule has 1 saturated heterocycles. The van der Waals surface area contributed by atoms with E-state index in [0.717, 1.165) is 24.7 Å². The predicted molar refractivity (Wildman–Crippen MR) is 116 cm³/mol. The average Bonchev–Trinajstić information content (AvgIpc) is 3.10. The number of para-hydroxylation sites is 1. The van der Waals surface area contributed by atoms with Crippen molar-refractivity contribution in [3.8, 4) is 11.3 Å². The summed E-state index contributed by atoms with van der Waals surface area (Å²) in [4.78, 5) is 2.51. The summed E-state index contributed by atoms with van der Waals surface area (Å²) < 4.78 is 2.13. The fourth-order valence-corrected chi connectivity index (χ4v) is 4.54. The lowest BCUT2D eigenvalue weighted by Crippen LogP contribution is -2.32. The Labute approximate surface area is 167 Å². The second-order valence-corrected chi connectivity index (χ2v) is 8.42. The van der Waals surface area contributed by atoms with Gasteiger partial charge in [0.15, 0.2) is 0 Å². The van der Waals surface area contributed by atoms with Crippen molar-refractivity contribution in [2.75, 3.05) is 23.3 Å². The molecule has 0 saturated carbocycles. The first kappa shape index (κ1) is 17.4. The van der Waals surface area contributed by atoms with Crippen molar-refractivity contribution < 1.29 is 0 Å². The molecule has 3 aromatic rings. The number of benzene rings is 2. The van der Waals surface area contributed by atoms with Crippen LogP contribution in [0.15, 0.2) is 48.5 Å². The Bertz CT molecular complexity index is 994. The summed E-state index contributed by atoms with van der Waals surface area (Å²) in [5.41, 5.74) is 8.54. The summed E-state index contributed by atoms with van der Waals surface area (Å²) in [5.74, 6) is 0.853. The maximum Gasteiger partial charge on any atom is 0.147 e. The smallest absolute Gasteiger partial charge is 0.147 e. The first-order chi connectivity index (χ1) is 13.6. The standard InChI is InChI=1S/C24H28N4/c1-16-11-13-27(14-12-16)20-9-7-19(8-10-20)24-25-23-17(2)5-4-6-21(23)22-15-18(3)26-28(22)24/h4-10,15-16,24-25H,11-14H2,1-3H3. The number of aromatic nitrogens is 2. The summed E-state index contributed by atoms with van der Waals surface area (Å²) in [6.07, 6.45) is 2.60. The van der Waals surface area contributed by atoms with Gasteiger partial charge in [0.1, 0.15) is 6.17 Å². The van der Waals surface area contributed by atoms with E-state index in [-0.39, 0.29) is 6.17 Å². The summed E-state index contributed by atoms with van der Waals surface area (Å²) in [6.45, 7) is 8.92. The summed E-state index contributed by atoms with van der Waals surface area (Å²) >= 11 is 0. The lowest BCUT2D eigenvalue weighted by atomic mass is 9.98. The Kier molecular flexibility index (Phi) is 4.15. The molecule has 5 rings (SSSR count). The molecule has 144 valence electrons. The number of nitrogens with one attached hydrogen (secondary N) is 1. The molecule has 1 unspecified atom stereocenters. The second kappa shape index (κ2) is 6.69. The highest BCUT2D eigenvalue weighted by molar-refractivity contribution is 5.81. The topological polar surface area (TPSA) is 33.1 Å². The van der Waals surface area contributed by atoms with Crippen LogP contribution in [0.3, 0.4) is 0 Å². The van der Waals surface area contributed by atoms with E-state index in [1.165, 1.54) is 46.6 Å². The molecule has 2 aliphatic rings. The molecular weight excluding hydrogens is 344 g/mol. The van der Waals surface area contributed by atoms with Crippen LogP contribution in [0.2, 0.25) is 0 Å². The first-order valence-electron chi connectivity index (χ1n) is 10.4. The molecular formula is C24H28N4. The SMILES string of the molecule is Cc1cc2n(n1)C(c1ccc(N3CCC(C)CC3)cc1)Nc1c(C)cccc1-2. The molecule has 0 radical (unpaired) electrons. The van der Waals surface area contributed by atoms with Crippen LogP contribution >= 0.6 is 0 Å². The molecule has 28 heavy (non-hydrogen) atoms. The predicted octanol–water partition coefficient (Wildman–Crippen LogP) is 5.38. The van der Waals surface area contributed by atoms with Crippen LogP contribution in [0.5, 0.6) is 0 Å². The van der Waals surface area contributed by atoms with E-state index in [9.17, 15) is 0 Å². The molecule has 1 N–H and O–H groups in total. The van der Waals surface area contributed by atoms with Crippen molar-refractivity contribution >= 4 is 11.4 Å². The van der Waals surface area contributed by atoms with Gasteiger partial charge in [0.05, 0.1) is 11.4 Å². The van der Waals surface area contributed by atoms with E-state index in [1.807, 2.05) is 0 Å². The number of nitrogens with zero attached hydrogens (tertiary/aromatic N) is 3. The fourth-order valence-electron chi connectivity index (χ4n) is 4.54. The Morgan fingerprint density at radius 1 is 1.00 bits per heavy atom. The Morgan fingerprint density at radius 3 is 2.50 bits per heavy atom. The van der Waals surface area contributed by atoms with Gasteiger partial charge < -0.3 is 10.2 Å². The minimum absolute atomic E-state index is 0.0210. The van der Waals surface area contributed by atoms with Gasteiger partial charge in [-0.1, -0.05) is 37.3 Å². The van der Waals surface area contributed by atoms with Crippen LogP contribution in [0.4, 0.5) is 11.4 Å². The lowest BCUT2D eigenvalue weighted by Gasteiger charge is -2.33. The summed E-state index contributed by atoms with van der Waals surface area (Å²) in [7, 11) is 0. The number of anilines is 2. The largest absolute Gasteiger partial charge is 0.372 e. The molecule has 3 heterocycles. The van der Waals surface area contributed by atoms with Gasteiger partial charge in [0.25, 0.3) is 0 Å². The third-order valence-electron chi connectivity index (χ3n) is 6.29. The van der Waals surface area contributed by atoms with Crippen molar-refractivity contribution in [3.63, 3.8) is 0 Å². The summed E-state index contributed by atoms with van der Waals surface area (Å²) in [5, 5.41) is 8.54. The molecule has 1 aromatic heterocycles. The molecule has 4 nitrogen and oxygen atoms in total. The number of hydrogen-bond acceptors (Lipinski definition) is 3. The van der Waals surface area contributed by atoms with Crippen molar-refractivity contribution in [3.05, 3.63) is 65.4 Å². The third kappa shape index (κ3) is 2.88. The van der Waals surface area contributed by atoms with Gasteiger partial charge in [0, 0.05) is 30.0 Å². The van der Waals surface area contributed by atoms with Gasteiger partial charge in [0.2, 0.25) is 0 Å². The van der Waals surface area contributed by atoms with E-state index in [0.29, 0.717) is 0 Å². The Morgan fingerprint density at radius 2 is 1.75 bits per heavy atom. The van der Waals surface area contributed by atoms with Gasteiger partial charge >= 0.3 is 0 Å². The van der Waals surface area contributed by atoms with Gasteiger partial charge in [-0.25, -0.2) is 4.68 Å². The number of fused-ring (bicyclic) bond motifs is 3. The van der Waals surface area contributed by atoms with Crippen molar-refractivity contribution in [2.24, 2.45) is 5.92 Å². The van der Waals surface area contributed by atoms with E-state index >= 15 is 0 Å². The fraction of sp³-hybridized carbons (Fsp3) is 0.375. The molecule has 0 spiro atoms. The van der Waals surface area contributed by atoms with Gasteiger partial charge in [-0.05, 0) is 61.9 Å². The quantitative estimate of drug-likeness (QED) is 0.656. The third-order valence-corrected chi connectivity index (χ3v) is 6.29. The van der Waals surface area contributed by atoms with Gasteiger partial charge in [-0.3, -0.25) is 0 Å². The molecule has 4 heteroatoms. The zero-order valence-corrected chi connectivity index (χ0v) is 16.9. The molecule has 2 aliphatic heterocycles. The minimum atomic E-state index is 0.0210. The number of aryl methyl sites for hydroxylation is 2. The highest BCUT2D eigenvalue weighted by Gasteiger charge is 2.27. The van der Waals surface area contributed by atoms with Crippen LogP contribution in [-0.4, -0.2) is 22.9 Å². The maximum absolute atomic E-state index is 4.80. The Hall–Kier alpha value is -2.75. The summed E-state index contributed by atoms with van der Waals surface area (Å²) in [6, 6.07) is 17.7. The Balaban J connectivity index is 1.49. The number of hydrogen-bond donors (Lipinski definition) is 1. The van der Waals surface area contributed by atoms with Gasteiger partial charge in [-0.2, -0.15) is 5.10 Å². The van der Waals surface area contributed by atoms with Crippen molar-refractivity contribution in [2.45, 2.75) is 39.8 Å². The zero-order valence-electron chi connectivity index (χ0n) is 16.9. The molecule has 0 aliphatic carbocycles. The highest BCUT2D eigenvalue weighted by atomic mass is 15.4. The van der Waals surface area contributed by atoms with Gasteiger partial charge in [-0.15, -0.1) is 0 Å². The monoisotopic (exact) mass is 372 g/mol.